The van der Waals surface area contributed by atoms with Gasteiger partial charge in [0, 0.05) is 37.3 Å². The highest BCUT2D eigenvalue weighted by Gasteiger charge is 2.49. The maximum absolute atomic E-state index is 13.7. The number of aromatic amines is 1. The largest absolute Gasteiger partial charge is 0.351 e. The lowest BCUT2D eigenvalue weighted by Crippen LogP contribution is -2.54. The molecule has 1 aromatic carbocycles. The zero-order valence-electron chi connectivity index (χ0n) is 21.3. The predicted molar refractivity (Wildman–Crippen MR) is 138 cm³/mol. The molecule has 4 rings (SSSR count). The monoisotopic (exact) mass is 509 g/mol. The van der Waals surface area contributed by atoms with Crippen molar-refractivity contribution in [1.29, 1.82) is 0 Å². The fourth-order valence-corrected chi connectivity index (χ4v) is 3.77. The Balaban J connectivity index is 1.80. The molecular weight excluding hydrogens is 477 g/mol. The highest BCUT2D eigenvalue weighted by Crippen LogP contribution is 2.37. The van der Waals surface area contributed by atoms with Gasteiger partial charge in [0.05, 0.1) is 30.3 Å². The van der Waals surface area contributed by atoms with Gasteiger partial charge < -0.3 is 30.0 Å². The normalized spacial score (nSPS) is 19.5. The van der Waals surface area contributed by atoms with E-state index >= 15 is 0 Å². The van der Waals surface area contributed by atoms with E-state index in [1.807, 2.05) is 25.9 Å². The summed E-state index contributed by atoms with van der Waals surface area (Å²) in [7, 11) is 3.84. The molecule has 1 aliphatic heterocycles. The molecule has 0 radical (unpaired) electrons. The van der Waals surface area contributed by atoms with Crippen LogP contribution in [0.5, 0.6) is 0 Å². The molecule has 1 amide bonds. The third-order valence-corrected chi connectivity index (χ3v) is 5.74. The number of nitrogens with one attached hydrogen (secondary N) is 3. The minimum absolute atomic E-state index is 0.106. The van der Waals surface area contributed by atoms with Crippen molar-refractivity contribution in [2.45, 2.75) is 12.7 Å². The molecule has 10 nitrogen and oxygen atoms in total. The molecular formula is C26H32FN7O3. The summed E-state index contributed by atoms with van der Waals surface area (Å²) in [6.45, 7) is 7.83. The molecule has 37 heavy (non-hydrogen) atoms. The number of ether oxygens (including phenoxy) is 2. The summed E-state index contributed by atoms with van der Waals surface area (Å²) in [5.74, 6) is -1.92. The van der Waals surface area contributed by atoms with Gasteiger partial charge in [-0.2, -0.15) is 0 Å². The van der Waals surface area contributed by atoms with E-state index in [4.69, 9.17) is 14.5 Å². The summed E-state index contributed by atoms with van der Waals surface area (Å²) < 4.78 is 25.8. The number of nitrogens with zero attached hydrogens (tertiary/aromatic N) is 4. The van der Waals surface area contributed by atoms with Crippen molar-refractivity contribution >= 4 is 11.9 Å². The fourth-order valence-electron chi connectivity index (χ4n) is 3.77. The van der Waals surface area contributed by atoms with E-state index in [2.05, 4.69) is 32.2 Å². The summed E-state index contributed by atoms with van der Waals surface area (Å²) in [5, 5.41) is 5.96. The van der Waals surface area contributed by atoms with Crippen molar-refractivity contribution in [2.24, 2.45) is 5.92 Å². The maximum Gasteiger partial charge on any atom is 0.310 e. The highest BCUT2D eigenvalue weighted by atomic mass is 19.1. The molecule has 196 valence electrons. The number of amides is 1. The summed E-state index contributed by atoms with van der Waals surface area (Å²) in [4.78, 5) is 32.3. The summed E-state index contributed by atoms with van der Waals surface area (Å²) >= 11 is 0. The zero-order chi connectivity index (χ0) is 26.4. The first-order valence-electron chi connectivity index (χ1n) is 12.1. The number of carbonyl (C=O) groups excluding carboxylic acids is 1. The minimum Gasteiger partial charge on any atom is -0.351 e. The molecule has 2 aromatic heterocycles. The van der Waals surface area contributed by atoms with E-state index in [-0.39, 0.29) is 17.6 Å². The van der Waals surface area contributed by atoms with Crippen LogP contribution in [-0.4, -0.2) is 77.7 Å². The van der Waals surface area contributed by atoms with Gasteiger partial charge in [-0.05, 0) is 44.4 Å². The summed E-state index contributed by atoms with van der Waals surface area (Å²) in [6, 6.07) is 7.65. The van der Waals surface area contributed by atoms with Crippen LogP contribution in [-0.2, 0) is 20.1 Å². The van der Waals surface area contributed by atoms with Crippen LogP contribution in [0.2, 0.25) is 0 Å². The van der Waals surface area contributed by atoms with Crippen LogP contribution in [0, 0.1) is 11.7 Å². The molecule has 0 atom stereocenters. The van der Waals surface area contributed by atoms with Crippen molar-refractivity contribution in [2.75, 3.05) is 52.3 Å². The number of hydrogen-bond donors (Lipinski definition) is 3. The van der Waals surface area contributed by atoms with Crippen LogP contribution in [0.1, 0.15) is 12.7 Å². The Hall–Kier alpha value is -3.67. The number of hydrogen-bond acceptors (Lipinski definition) is 8. The van der Waals surface area contributed by atoms with Gasteiger partial charge >= 0.3 is 5.79 Å². The van der Waals surface area contributed by atoms with Crippen molar-refractivity contribution in [1.82, 2.24) is 30.2 Å². The molecule has 1 saturated heterocycles. The number of aromatic nitrogens is 4. The molecule has 11 heteroatoms. The topological polar surface area (TPSA) is 117 Å². The fraction of sp³-hybridized carbons (Fsp3) is 0.385. The smallest absolute Gasteiger partial charge is 0.310 e. The second-order valence-corrected chi connectivity index (χ2v) is 9.15. The predicted octanol–water partition coefficient (Wildman–Crippen LogP) is 2.78. The molecule has 0 spiro atoms. The average Bonchev–Trinajstić information content (AvgIpc) is 3.34. The van der Waals surface area contributed by atoms with E-state index < -0.39 is 11.7 Å². The van der Waals surface area contributed by atoms with Crippen molar-refractivity contribution in [3.8, 4) is 22.6 Å². The second kappa shape index (κ2) is 11.6. The van der Waals surface area contributed by atoms with E-state index in [1.54, 1.807) is 30.5 Å². The molecule has 1 fully saturated rings. The number of benzene rings is 1. The van der Waals surface area contributed by atoms with E-state index in [1.165, 1.54) is 12.1 Å². The SMILES string of the molecule is C=CCNc1nccc(-c2[nH]c(C3(C(=O)NCCN(C)C)OCC(C)CO3)nc2-c2ccc(F)cc2)n1. The van der Waals surface area contributed by atoms with Crippen LogP contribution in [0.15, 0.2) is 49.2 Å². The lowest BCUT2D eigenvalue weighted by atomic mass is 10.1. The number of imidazole rings is 1. The third kappa shape index (κ3) is 6.01. The number of carbonyl (C=O) groups is 1. The van der Waals surface area contributed by atoms with Gasteiger partial charge in [0.25, 0.3) is 5.91 Å². The Bertz CT molecular complexity index is 1220. The summed E-state index contributed by atoms with van der Waals surface area (Å²) in [6.07, 6.45) is 3.31. The van der Waals surface area contributed by atoms with Crippen molar-refractivity contribution in [3.05, 3.63) is 60.8 Å². The van der Waals surface area contributed by atoms with Gasteiger partial charge in [0.2, 0.25) is 5.95 Å². The molecule has 0 bridgehead atoms. The number of halogens is 1. The Labute approximate surface area is 215 Å². The van der Waals surface area contributed by atoms with Crippen LogP contribution < -0.4 is 10.6 Å². The van der Waals surface area contributed by atoms with Crippen LogP contribution in [0.4, 0.5) is 10.3 Å². The molecule has 3 heterocycles. The van der Waals surface area contributed by atoms with Crippen LogP contribution >= 0.6 is 0 Å². The van der Waals surface area contributed by atoms with Crippen LogP contribution in [0.3, 0.4) is 0 Å². The first-order valence-corrected chi connectivity index (χ1v) is 12.1. The van der Waals surface area contributed by atoms with Crippen molar-refractivity contribution < 1.29 is 18.7 Å². The third-order valence-electron chi connectivity index (χ3n) is 5.74. The lowest BCUT2D eigenvalue weighted by molar-refractivity contribution is -0.277. The van der Waals surface area contributed by atoms with Gasteiger partial charge in [-0.25, -0.2) is 19.3 Å². The second-order valence-electron chi connectivity index (χ2n) is 9.15. The maximum atomic E-state index is 13.7. The van der Waals surface area contributed by atoms with Gasteiger partial charge in [-0.1, -0.05) is 13.0 Å². The van der Waals surface area contributed by atoms with Crippen LogP contribution in [0.25, 0.3) is 22.6 Å². The first kappa shape index (κ1) is 26.4. The van der Waals surface area contributed by atoms with Gasteiger partial charge in [0.15, 0.2) is 5.82 Å². The average molecular weight is 510 g/mol. The number of anilines is 1. The molecule has 1 aliphatic rings. The Kier molecular flexibility index (Phi) is 8.27. The zero-order valence-corrected chi connectivity index (χ0v) is 21.3. The van der Waals surface area contributed by atoms with Gasteiger partial charge in [-0.3, -0.25) is 4.79 Å². The Morgan fingerprint density at radius 3 is 2.65 bits per heavy atom. The lowest BCUT2D eigenvalue weighted by Gasteiger charge is -2.36. The summed E-state index contributed by atoms with van der Waals surface area (Å²) in [5.41, 5.74) is 2.13. The van der Waals surface area contributed by atoms with Gasteiger partial charge in [-0.15, -0.1) is 6.58 Å². The standard InChI is InChI=1S/C26H32FN7O3/c1-5-11-29-25-30-12-10-20(31-25)22-21(18-6-8-19(27)9-7-18)32-23(33-22)26(36-15-17(2)16-37-26)24(35)28-13-14-34(3)4/h5-10,12,17H,1,11,13-16H2,2-4H3,(H,28,35)(H,32,33)(H,29,30,31). The molecule has 3 aromatic rings. The molecule has 0 saturated carbocycles. The number of rotatable bonds is 10. The minimum atomic E-state index is -1.77. The molecule has 0 unspecified atom stereocenters. The van der Waals surface area contributed by atoms with E-state index in [0.29, 0.717) is 61.4 Å². The quantitative estimate of drug-likeness (QED) is 0.357. The Morgan fingerprint density at radius 2 is 1.97 bits per heavy atom. The molecule has 3 N–H and O–H groups in total. The van der Waals surface area contributed by atoms with Crippen molar-refractivity contribution in [3.63, 3.8) is 0 Å². The first-order chi connectivity index (χ1) is 17.8. The molecule has 0 aliphatic carbocycles. The highest BCUT2D eigenvalue weighted by molar-refractivity contribution is 5.86. The Morgan fingerprint density at radius 1 is 1.24 bits per heavy atom. The van der Waals surface area contributed by atoms with E-state index in [9.17, 15) is 9.18 Å². The number of H-pyrrole nitrogens is 1. The van der Waals surface area contributed by atoms with Gasteiger partial charge in [0.1, 0.15) is 5.82 Å². The van der Waals surface area contributed by atoms with E-state index in [0.717, 1.165) is 0 Å². The number of likely N-dealkylation sites (N-methyl/N-ethyl adjacent to an activating group) is 1.